The minimum Gasteiger partial charge on any atom is -0.468 e. The molecule has 0 spiro atoms. The van der Waals surface area contributed by atoms with E-state index in [0.29, 0.717) is 13.0 Å². The monoisotopic (exact) mass is 322 g/mol. The second kappa shape index (κ2) is 3.77. The van der Waals surface area contributed by atoms with E-state index in [9.17, 15) is 9.59 Å². The number of esters is 2. The maximum absolute atomic E-state index is 11.8. The average Bonchev–Trinajstić information content (AvgIpc) is 2.69. The number of carbonyl (C=O) groups excluding carboxylic acids is 2. The highest BCUT2D eigenvalue weighted by Crippen LogP contribution is 2.49. The predicted octanol–water partition coefficient (Wildman–Crippen LogP) is 1.58. The molecule has 4 nitrogen and oxygen atoms in total. The lowest BCUT2D eigenvalue weighted by molar-refractivity contribution is -0.167. The van der Waals surface area contributed by atoms with Gasteiger partial charge in [0.2, 0.25) is 0 Å². The number of carbonyl (C=O) groups is 2. The van der Waals surface area contributed by atoms with Gasteiger partial charge in [0, 0.05) is 3.58 Å². The van der Waals surface area contributed by atoms with Crippen molar-refractivity contribution in [2.75, 3.05) is 13.7 Å². The molecular formula is C10H11IO4. The van der Waals surface area contributed by atoms with E-state index in [1.807, 2.05) is 0 Å². The molecule has 15 heavy (non-hydrogen) atoms. The molecule has 0 aromatic carbocycles. The molecule has 1 heterocycles. The Labute approximate surface area is 101 Å². The van der Waals surface area contributed by atoms with Crippen LogP contribution in [0, 0.1) is 5.41 Å². The van der Waals surface area contributed by atoms with Crippen molar-refractivity contribution in [3.05, 3.63) is 9.15 Å². The van der Waals surface area contributed by atoms with Crippen LogP contribution in [0.15, 0.2) is 9.15 Å². The zero-order chi connectivity index (χ0) is 11.1. The highest BCUT2D eigenvalue weighted by molar-refractivity contribution is 14.1. The normalized spacial score (nSPS) is 29.9. The Hall–Kier alpha value is -0.590. The minimum atomic E-state index is -1.12. The molecule has 1 saturated carbocycles. The van der Waals surface area contributed by atoms with Gasteiger partial charge in [0.05, 0.1) is 7.11 Å². The van der Waals surface area contributed by atoms with Gasteiger partial charge in [0.15, 0.2) is 5.41 Å². The molecule has 0 bridgehead atoms. The van der Waals surface area contributed by atoms with Crippen molar-refractivity contribution in [3.8, 4) is 0 Å². The second-order valence-electron chi connectivity index (χ2n) is 3.71. The number of ether oxygens (including phenoxy) is 2. The number of methoxy groups -OCH3 is 1. The molecule has 0 aromatic rings. The third kappa shape index (κ3) is 1.39. The molecule has 0 N–H and O–H groups in total. The Morgan fingerprint density at radius 2 is 2.33 bits per heavy atom. The standard InChI is InChI=1S/C10H11IO4/c1-14-8(12)10-4-2-3-6(10)7(11)5-15-9(10)13/h2-5H2,1H3. The number of hydrogen-bond donors (Lipinski definition) is 0. The van der Waals surface area contributed by atoms with Gasteiger partial charge in [0.25, 0.3) is 0 Å². The summed E-state index contributed by atoms with van der Waals surface area (Å²) in [6, 6.07) is 0. The van der Waals surface area contributed by atoms with Crippen LogP contribution >= 0.6 is 22.6 Å². The van der Waals surface area contributed by atoms with E-state index < -0.39 is 17.4 Å². The molecule has 0 amide bonds. The molecule has 82 valence electrons. The van der Waals surface area contributed by atoms with Crippen LogP contribution in [0.25, 0.3) is 0 Å². The van der Waals surface area contributed by atoms with Crippen LogP contribution in [0.5, 0.6) is 0 Å². The molecule has 1 atom stereocenters. The summed E-state index contributed by atoms with van der Waals surface area (Å²) >= 11 is 2.14. The third-order valence-electron chi connectivity index (χ3n) is 3.03. The molecule has 2 aliphatic rings. The molecule has 0 saturated heterocycles. The second-order valence-corrected chi connectivity index (χ2v) is 5.01. The fourth-order valence-electron chi connectivity index (χ4n) is 2.31. The first-order valence-corrected chi connectivity index (χ1v) is 5.84. The summed E-state index contributed by atoms with van der Waals surface area (Å²) in [4.78, 5) is 23.5. The number of fused-ring (bicyclic) bond motifs is 1. The number of rotatable bonds is 1. The first kappa shape index (κ1) is 10.9. The van der Waals surface area contributed by atoms with Crippen molar-refractivity contribution >= 4 is 34.5 Å². The molecule has 1 fully saturated rings. The summed E-state index contributed by atoms with van der Waals surface area (Å²) in [5, 5.41) is 0. The zero-order valence-corrected chi connectivity index (χ0v) is 10.5. The summed E-state index contributed by atoms with van der Waals surface area (Å²) in [5.41, 5.74) is -0.213. The van der Waals surface area contributed by atoms with Gasteiger partial charge in [-0.25, -0.2) is 0 Å². The van der Waals surface area contributed by atoms with Crippen LogP contribution in [0.3, 0.4) is 0 Å². The molecule has 0 radical (unpaired) electrons. The molecule has 2 rings (SSSR count). The van der Waals surface area contributed by atoms with Crippen LogP contribution in [-0.4, -0.2) is 25.7 Å². The van der Waals surface area contributed by atoms with E-state index in [-0.39, 0.29) is 0 Å². The molecule has 5 heteroatoms. The van der Waals surface area contributed by atoms with Crippen LogP contribution in [0.4, 0.5) is 0 Å². The summed E-state index contributed by atoms with van der Waals surface area (Å²) in [6.07, 6.45) is 2.15. The van der Waals surface area contributed by atoms with E-state index in [0.717, 1.165) is 22.0 Å². The topological polar surface area (TPSA) is 52.6 Å². The van der Waals surface area contributed by atoms with E-state index in [1.54, 1.807) is 0 Å². The lowest BCUT2D eigenvalue weighted by Gasteiger charge is -2.30. The number of halogens is 1. The summed E-state index contributed by atoms with van der Waals surface area (Å²) in [5.74, 6) is -0.920. The molecule has 1 aliphatic heterocycles. The van der Waals surface area contributed by atoms with Crippen LogP contribution < -0.4 is 0 Å². The van der Waals surface area contributed by atoms with Gasteiger partial charge in [-0.3, -0.25) is 9.59 Å². The van der Waals surface area contributed by atoms with Crippen LogP contribution in [0.2, 0.25) is 0 Å². The maximum Gasteiger partial charge on any atom is 0.328 e. The maximum atomic E-state index is 11.8. The molecule has 1 aliphatic carbocycles. The fraction of sp³-hybridized carbons (Fsp3) is 0.600. The highest BCUT2D eigenvalue weighted by Gasteiger charge is 2.56. The SMILES string of the molecule is COC(=O)C12CCCC1=C(I)COC2=O. The number of hydrogen-bond acceptors (Lipinski definition) is 4. The summed E-state index contributed by atoms with van der Waals surface area (Å²) < 4.78 is 10.7. The van der Waals surface area contributed by atoms with E-state index in [2.05, 4.69) is 22.6 Å². The van der Waals surface area contributed by atoms with Crippen molar-refractivity contribution < 1.29 is 19.1 Å². The Morgan fingerprint density at radius 3 is 3.00 bits per heavy atom. The summed E-state index contributed by atoms with van der Waals surface area (Å²) in [6.45, 7) is 0.299. The van der Waals surface area contributed by atoms with Crippen molar-refractivity contribution in [1.29, 1.82) is 0 Å². The largest absolute Gasteiger partial charge is 0.468 e. The molecule has 1 unspecified atom stereocenters. The quantitative estimate of drug-likeness (QED) is 0.418. The Morgan fingerprint density at radius 1 is 1.60 bits per heavy atom. The summed E-state index contributed by atoms with van der Waals surface area (Å²) in [7, 11) is 1.31. The average molecular weight is 322 g/mol. The first-order chi connectivity index (χ1) is 7.13. The van der Waals surface area contributed by atoms with Crippen LogP contribution in [-0.2, 0) is 19.1 Å². The molecular weight excluding hydrogens is 311 g/mol. The van der Waals surface area contributed by atoms with Gasteiger partial charge in [-0.15, -0.1) is 0 Å². The lowest BCUT2D eigenvalue weighted by atomic mass is 9.81. The van der Waals surface area contributed by atoms with Gasteiger partial charge in [-0.1, -0.05) is 0 Å². The number of cyclic esters (lactones) is 1. The van der Waals surface area contributed by atoms with Gasteiger partial charge in [-0.2, -0.15) is 0 Å². The van der Waals surface area contributed by atoms with E-state index in [1.165, 1.54) is 7.11 Å². The first-order valence-electron chi connectivity index (χ1n) is 4.76. The lowest BCUT2D eigenvalue weighted by Crippen LogP contribution is -2.43. The van der Waals surface area contributed by atoms with Gasteiger partial charge >= 0.3 is 11.9 Å². The van der Waals surface area contributed by atoms with Gasteiger partial charge in [0.1, 0.15) is 6.61 Å². The zero-order valence-electron chi connectivity index (χ0n) is 8.34. The Bertz CT molecular complexity index is 360. The third-order valence-corrected chi connectivity index (χ3v) is 4.00. The van der Waals surface area contributed by atoms with Crippen molar-refractivity contribution in [1.82, 2.24) is 0 Å². The van der Waals surface area contributed by atoms with Crippen molar-refractivity contribution in [2.24, 2.45) is 5.41 Å². The van der Waals surface area contributed by atoms with Crippen LogP contribution in [0.1, 0.15) is 19.3 Å². The Balaban J connectivity index is 2.53. The van der Waals surface area contributed by atoms with Crippen molar-refractivity contribution in [3.63, 3.8) is 0 Å². The van der Waals surface area contributed by atoms with E-state index >= 15 is 0 Å². The Kier molecular flexibility index (Phi) is 2.74. The van der Waals surface area contributed by atoms with Gasteiger partial charge in [-0.05, 0) is 47.4 Å². The highest BCUT2D eigenvalue weighted by atomic mass is 127. The smallest absolute Gasteiger partial charge is 0.328 e. The van der Waals surface area contributed by atoms with E-state index in [4.69, 9.17) is 9.47 Å². The minimum absolute atomic E-state index is 0.299. The molecule has 0 aromatic heterocycles. The fourth-order valence-corrected chi connectivity index (χ4v) is 3.19. The predicted molar refractivity (Wildman–Crippen MR) is 60.3 cm³/mol. The van der Waals surface area contributed by atoms with Crippen molar-refractivity contribution in [2.45, 2.75) is 19.3 Å². The van der Waals surface area contributed by atoms with Gasteiger partial charge < -0.3 is 9.47 Å².